The molecule has 0 aliphatic rings. The van der Waals surface area contributed by atoms with Crippen LogP contribution in [0.15, 0.2) is 29.2 Å². The van der Waals surface area contributed by atoms with Crippen LogP contribution in [0, 0.1) is 0 Å². The van der Waals surface area contributed by atoms with Crippen LogP contribution in [0.2, 0.25) is 5.02 Å². The van der Waals surface area contributed by atoms with Gasteiger partial charge in [0.1, 0.15) is 0 Å². The molecule has 1 aromatic rings. The SMILES string of the molecule is CC(CC(=O)Cl)S(=O)(=O)c1ccc(Cl)cc1. The van der Waals surface area contributed by atoms with Gasteiger partial charge in [-0.05, 0) is 42.8 Å². The van der Waals surface area contributed by atoms with Crippen molar-refractivity contribution in [1.82, 2.24) is 0 Å². The first-order valence-corrected chi connectivity index (χ1v) is 6.82. The molecule has 0 saturated heterocycles. The molecule has 0 bridgehead atoms. The third-order valence-electron chi connectivity index (χ3n) is 2.12. The van der Waals surface area contributed by atoms with Crippen molar-refractivity contribution in [3.8, 4) is 0 Å². The molecule has 0 spiro atoms. The number of carbonyl (C=O) groups excluding carboxylic acids is 1. The fraction of sp³-hybridized carbons (Fsp3) is 0.300. The van der Waals surface area contributed by atoms with Crippen molar-refractivity contribution in [2.75, 3.05) is 0 Å². The molecule has 0 heterocycles. The Morgan fingerprint density at radius 3 is 2.25 bits per heavy atom. The number of hydrogen-bond acceptors (Lipinski definition) is 3. The Morgan fingerprint density at radius 1 is 1.31 bits per heavy atom. The third kappa shape index (κ3) is 3.20. The first-order chi connectivity index (χ1) is 7.34. The molecule has 1 unspecified atom stereocenters. The lowest BCUT2D eigenvalue weighted by Gasteiger charge is -2.10. The Hall–Kier alpha value is -0.580. The largest absolute Gasteiger partial charge is 0.281 e. The average molecular weight is 281 g/mol. The maximum Gasteiger partial charge on any atom is 0.222 e. The van der Waals surface area contributed by atoms with Crippen LogP contribution in [-0.4, -0.2) is 18.9 Å². The van der Waals surface area contributed by atoms with Crippen molar-refractivity contribution in [2.24, 2.45) is 0 Å². The first kappa shape index (κ1) is 13.5. The predicted molar refractivity (Wildman–Crippen MR) is 63.6 cm³/mol. The Bertz CT molecular complexity index is 479. The van der Waals surface area contributed by atoms with Crippen LogP contribution in [0.3, 0.4) is 0 Å². The van der Waals surface area contributed by atoms with E-state index in [1.165, 1.54) is 31.2 Å². The highest BCUT2D eigenvalue weighted by atomic mass is 35.5. The van der Waals surface area contributed by atoms with Crippen LogP contribution in [0.4, 0.5) is 0 Å². The van der Waals surface area contributed by atoms with Gasteiger partial charge in [-0.25, -0.2) is 8.42 Å². The molecule has 1 atom stereocenters. The second kappa shape index (κ2) is 5.17. The highest BCUT2D eigenvalue weighted by Crippen LogP contribution is 2.20. The molecular formula is C10H10Cl2O3S. The zero-order valence-corrected chi connectivity index (χ0v) is 10.8. The predicted octanol–water partition coefficient (Wildman–Crippen LogP) is 2.66. The van der Waals surface area contributed by atoms with Crippen molar-refractivity contribution >= 4 is 38.3 Å². The van der Waals surface area contributed by atoms with Gasteiger partial charge < -0.3 is 0 Å². The molecule has 0 N–H and O–H groups in total. The van der Waals surface area contributed by atoms with Crippen LogP contribution in [0.25, 0.3) is 0 Å². The number of sulfone groups is 1. The fourth-order valence-electron chi connectivity index (χ4n) is 1.19. The molecule has 0 fully saturated rings. The van der Waals surface area contributed by atoms with Gasteiger partial charge in [-0.15, -0.1) is 0 Å². The summed E-state index contributed by atoms with van der Waals surface area (Å²) in [6.45, 7) is 1.45. The molecule has 0 aromatic heterocycles. The smallest absolute Gasteiger partial charge is 0.222 e. The Morgan fingerprint density at radius 2 is 1.81 bits per heavy atom. The summed E-state index contributed by atoms with van der Waals surface area (Å²) < 4.78 is 23.8. The van der Waals surface area contributed by atoms with E-state index in [4.69, 9.17) is 23.2 Å². The lowest BCUT2D eigenvalue weighted by molar-refractivity contribution is -0.111. The van der Waals surface area contributed by atoms with Gasteiger partial charge >= 0.3 is 0 Å². The summed E-state index contributed by atoms with van der Waals surface area (Å²) in [5, 5.41) is -1.04. The van der Waals surface area contributed by atoms with E-state index < -0.39 is 20.3 Å². The van der Waals surface area contributed by atoms with Gasteiger partial charge in [0.2, 0.25) is 5.24 Å². The lowest BCUT2D eigenvalue weighted by atomic mass is 10.3. The summed E-state index contributed by atoms with van der Waals surface area (Å²) >= 11 is 10.8. The quantitative estimate of drug-likeness (QED) is 0.797. The van der Waals surface area contributed by atoms with E-state index in [-0.39, 0.29) is 11.3 Å². The Labute approximate surface area is 104 Å². The monoisotopic (exact) mass is 280 g/mol. The minimum absolute atomic E-state index is 0.141. The van der Waals surface area contributed by atoms with E-state index in [9.17, 15) is 13.2 Å². The van der Waals surface area contributed by atoms with Crippen molar-refractivity contribution in [1.29, 1.82) is 0 Å². The second-order valence-corrected chi connectivity index (χ2v) is 6.59. The number of hydrogen-bond donors (Lipinski definition) is 0. The van der Waals surface area contributed by atoms with E-state index in [0.717, 1.165) is 0 Å². The van der Waals surface area contributed by atoms with Gasteiger partial charge in [0.15, 0.2) is 9.84 Å². The number of halogens is 2. The zero-order valence-electron chi connectivity index (χ0n) is 8.48. The molecule has 0 aliphatic heterocycles. The third-order valence-corrected chi connectivity index (χ3v) is 4.68. The normalized spacial score (nSPS) is 13.4. The Kier molecular flexibility index (Phi) is 4.35. The van der Waals surface area contributed by atoms with E-state index in [2.05, 4.69) is 0 Å². The minimum atomic E-state index is -3.51. The van der Waals surface area contributed by atoms with Crippen molar-refractivity contribution in [2.45, 2.75) is 23.5 Å². The van der Waals surface area contributed by atoms with E-state index in [1.54, 1.807) is 0 Å². The topological polar surface area (TPSA) is 51.2 Å². The summed E-state index contributed by atoms with van der Waals surface area (Å²) in [6.07, 6.45) is -0.202. The van der Waals surface area contributed by atoms with Gasteiger partial charge in [-0.2, -0.15) is 0 Å². The number of carbonyl (C=O) groups is 1. The molecule has 3 nitrogen and oxygen atoms in total. The summed E-state index contributed by atoms with van der Waals surface area (Å²) in [6, 6.07) is 5.80. The molecule has 16 heavy (non-hydrogen) atoms. The molecule has 0 aliphatic carbocycles. The zero-order chi connectivity index (χ0) is 12.3. The Balaban J connectivity index is 3.02. The molecule has 0 saturated carbocycles. The summed E-state index contributed by atoms with van der Waals surface area (Å²) in [7, 11) is -3.51. The van der Waals surface area contributed by atoms with Gasteiger partial charge in [-0.3, -0.25) is 4.79 Å². The highest BCUT2D eigenvalue weighted by Gasteiger charge is 2.24. The van der Waals surface area contributed by atoms with Gasteiger partial charge in [-0.1, -0.05) is 11.6 Å². The lowest BCUT2D eigenvalue weighted by Crippen LogP contribution is -2.19. The van der Waals surface area contributed by atoms with E-state index >= 15 is 0 Å². The molecule has 1 aromatic carbocycles. The fourth-order valence-corrected chi connectivity index (χ4v) is 2.99. The van der Waals surface area contributed by atoms with E-state index in [0.29, 0.717) is 5.02 Å². The first-order valence-electron chi connectivity index (χ1n) is 4.52. The van der Waals surface area contributed by atoms with Crippen LogP contribution in [0.1, 0.15) is 13.3 Å². The molecular weight excluding hydrogens is 271 g/mol. The molecule has 0 amide bonds. The average Bonchev–Trinajstić information content (AvgIpc) is 2.17. The van der Waals surface area contributed by atoms with Crippen LogP contribution >= 0.6 is 23.2 Å². The van der Waals surface area contributed by atoms with Crippen molar-refractivity contribution < 1.29 is 13.2 Å². The maximum atomic E-state index is 11.9. The van der Waals surface area contributed by atoms with Gasteiger partial charge in [0.25, 0.3) is 0 Å². The number of benzene rings is 1. The van der Waals surface area contributed by atoms with Gasteiger partial charge in [0.05, 0.1) is 10.1 Å². The van der Waals surface area contributed by atoms with Crippen molar-refractivity contribution in [3.63, 3.8) is 0 Å². The molecule has 1 rings (SSSR count). The number of rotatable bonds is 4. The summed E-state index contributed by atoms with van der Waals surface area (Å²) in [4.78, 5) is 10.8. The van der Waals surface area contributed by atoms with E-state index in [1.807, 2.05) is 0 Å². The van der Waals surface area contributed by atoms with Gasteiger partial charge in [0, 0.05) is 11.4 Å². The molecule has 0 radical (unpaired) electrons. The van der Waals surface area contributed by atoms with Crippen LogP contribution in [-0.2, 0) is 14.6 Å². The van der Waals surface area contributed by atoms with Crippen LogP contribution < -0.4 is 0 Å². The highest BCUT2D eigenvalue weighted by molar-refractivity contribution is 7.92. The molecule has 6 heteroatoms. The van der Waals surface area contributed by atoms with Crippen LogP contribution in [0.5, 0.6) is 0 Å². The van der Waals surface area contributed by atoms with Crippen molar-refractivity contribution in [3.05, 3.63) is 29.3 Å². The second-order valence-electron chi connectivity index (χ2n) is 3.37. The standard InChI is InChI=1S/C10H10Cl2O3S/c1-7(6-10(12)13)16(14,15)9-4-2-8(11)3-5-9/h2-5,7H,6H2,1H3. The summed E-state index contributed by atoms with van der Waals surface area (Å²) in [5.41, 5.74) is 0. The maximum absolute atomic E-state index is 11.9. The summed E-state index contributed by atoms with van der Waals surface area (Å²) in [5.74, 6) is 0. The molecule has 88 valence electrons. The minimum Gasteiger partial charge on any atom is -0.281 e.